The van der Waals surface area contributed by atoms with Crippen LogP contribution in [0.4, 0.5) is 0 Å². The van der Waals surface area contributed by atoms with Crippen LogP contribution >= 0.6 is 0 Å². The molecule has 0 rings (SSSR count). The van der Waals surface area contributed by atoms with Crippen LogP contribution in [0.1, 0.15) is 41.5 Å². The van der Waals surface area contributed by atoms with Crippen molar-refractivity contribution in [2.24, 2.45) is 0 Å². The molecular formula is C14H24O2. The van der Waals surface area contributed by atoms with Crippen molar-refractivity contribution >= 4 is 0 Å². The van der Waals surface area contributed by atoms with Crippen molar-refractivity contribution in [1.29, 1.82) is 0 Å². The van der Waals surface area contributed by atoms with Crippen LogP contribution in [0.25, 0.3) is 0 Å². The number of hydrogen-bond donors (Lipinski definition) is 0. The fraction of sp³-hybridized carbons (Fsp3) is 0.571. The molecule has 0 radical (unpaired) electrons. The van der Waals surface area contributed by atoms with E-state index >= 15 is 0 Å². The standard InChI is InChI=1S/C14H24O2/c1-7-8-9-10-11-12-14(5,6)16-15-13(2,3)4/h7-12H,1-6H3/b8-7-,10-9-,12-11+. The molecule has 0 fully saturated rings. The van der Waals surface area contributed by atoms with Crippen molar-refractivity contribution in [3.63, 3.8) is 0 Å². The molecule has 0 saturated carbocycles. The topological polar surface area (TPSA) is 18.5 Å². The average Bonchev–Trinajstić information content (AvgIpc) is 2.14. The third-order valence-corrected chi connectivity index (χ3v) is 1.53. The molecule has 0 aliphatic rings. The molecule has 2 heteroatoms. The zero-order valence-electron chi connectivity index (χ0n) is 11.3. The van der Waals surface area contributed by atoms with Crippen molar-refractivity contribution < 1.29 is 9.78 Å². The van der Waals surface area contributed by atoms with E-state index in [4.69, 9.17) is 9.78 Å². The molecule has 0 atom stereocenters. The largest absolute Gasteiger partial charge is 0.230 e. The summed E-state index contributed by atoms with van der Waals surface area (Å²) < 4.78 is 0. The second kappa shape index (κ2) is 6.66. The Labute approximate surface area is 99.6 Å². The van der Waals surface area contributed by atoms with Gasteiger partial charge in [-0.05, 0) is 41.5 Å². The minimum Gasteiger partial charge on any atom is -0.230 e. The summed E-state index contributed by atoms with van der Waals surface area (Å²) in [6.45, 7) is 11.8. The highest BCUT2D eigenvalue weighted by atomic mass is 17.2. The predicted octanol–water partition coefficient (Wildman–Crippen LogP) is 4.20. The summed E-state index contributed by atoms with van der Waals surface area (Å²) in [5, 5.41) is 0. The van der Waals surface area contributed by atoms with Gasteiger partial charge in [0.2, 0.25) is 0 Å². The van der Waals surface area contributed by atoms with Crippen LogP contribution in [0.15, 0.2) is 36.5 Å². The van der Waals surface area contributed by atoms with Crippen LogP contribution < -0.4 is 0 Å². The summed E-state index contributed by atoms with van der Waals surface area (Å²) in [7, 11) is 0. The highest BCUT2D eigenvalue weighted by Crippen LogP contribution is 2.17. The molecule has 0 bridgehead atoms. The Bertz CT molecular complexity index is 265. The smallest absolute Gasteiger partial charge is 0.116 e. The van der Waals surface area contributed by atoms with Gasteiger partial charge in [0.25, 0.3) is 0 Å². The Hall–Kier alpha value is -0.860. The van der Waals surface area contributed by atoms with Crippen molar-refractivity contribution in [3.8, 4) is 0 Å². The Balaban J connectivity index is 4.13. The average molecular weight is 224 g/mol. The third-order valence-electron chi connectivity index (χ3n) is 1.53. The first kappa shape index (κ1) is 15.1. The third kappa shape index (κ3) is 9.69. The first-order valence-electron chi connectivity index (χ1n) is 5.61. The first-order valence-corrected chi connectivity index (χ1v) is 5.61. The van der Waals surface area contributed by atoms with E-state index in [2.05, 4.69) is 0 Å². The lowest BCUT2D eigenvalue weighted by molar-refractivity contribution is -0.386. The van der Waals surface area contributed by atoms with Crippen molar-refractivity contribution in [1.82, 2.24) is 0 Å². The summed E-state index contributed by atoms with van der Waals surface area (Å²) in [5.74, 6) is 0. The maximum absolute atomic E-state index is 5.36. The van der Waals surface area contributed by atoms with E-state index in [1.807, 2.05) is 78.0 Å². The zero-order chi connectivity index (χ0) is 12.7. The SMILES string of the molecule is C\C=C/C=C\C=C\C(C)(C)OOC(C)(C)C. The summed E-state index contributed by atoms with van der Waals surface area (Å²) in [4.78, 5) is 10.6. The normalized spacial score (nSPS) is 14.6. The molecule has 0 unspecified atom stereocenters. The fourth-order valence-electron chi connectivity index (χ4n) is 0.787. The minimum absolute atomic E-state index is 0.286. The van der Waals surface area contributed by atoms with Gasteiger partial charge in [0.05, 0.1) is 5.60 Å². The monoisotopic (exact) mass is 224 g/mol. The van der Waals surface area contributed by atoms with Crippen LogP contribution in [-0.2, 0) is 9.78 Å². The van der Waals surface area contributed by atoms with Crippen LogP contribution in [0.3, 0.4) is 0 Å². The molecule has 0 spiro atoms. The first-order chi connectivity index (χ1) is 7.27. The van der Waals surface area contributed by atoms with Gasteiger partial charge in [-0.3, -0.25) is 0 Å². The van der Waals surface area contributed by atoms with Crippen molar-refractivity contribution in [2.45, 2.75) is 52.7 Å². The molecule has 0 heterocycles. The minimum atomic E-state index is -0.423. The summed E-state index contributed by atoms with van der Waals surface area (Å²) in [6.07, 6.45) is 11.8. The van der Waals surface area contributed by atoms with Gasteiger partial charge in [0.15, 0.2) is 0 Å². The molecule has 0 aromatic heterocycles. The molecule has 0 amide bonds. The molecule has 0 aliphatic carbocycles. The molecular weight excluding hydrogens is 200 g/mol. The van der Waals surface area contributed by atoms with E-state index < -0.39 is 5.60 Å². The highest BCUT2D eigenvalue weighted by Gasteiger charge is 2.20. The Morgan fingerprint density at radius 1 is 0.750 bits per heavy atom. The molecule has 92 valence electrons. The van der Waals surface area contributed by atoms with E-state index in [9.17, 15) is 0 Å². The Morgan fingerprint density at radius 2 is 1.31 bits per heavy atom. The van der Waals surface area contributed by atoms with Gasteiger partial charge in [0.1, 0.15) is 5.60 Å². The van der Waals surface area contributed by atoms with Crippen LogP contribution in [-0.4, -0.2) is 11.2 Å². The maximum atomic E-state index is 5.36. The van der Waals surface area contributed by atoms with E-state index in [1.165, 1.54) is 0 Å². The lowest BCUT2D eigenvalue weighted by Gasteiger charge is -2.25. The quantitative estimate of drug-likeness (QED) is 0.396. The van der Waals surface area contributed by atoms with E-state index in [0.29, 0.717) is 0 Å². The zero-order valence-corrected chi connectivity index (χ0v) is 11.3. The molecule has 0 saturated heterocycles. The number of hydrogen-bond acceptors (Lipinski definition) is 2. The molecule has 0 aromatic carbocycles. The van der Waals surface area contributed by atoms with Crippen LogP contribution in [0.5, 0.6) is 0 Å². The van der Waals surface area contributed by atoms with Gasteiger partial charge in [-0.25, -0.2) is 9.78 Å². The molecule has 0 aromatic rings. The lowest BCUT2D eigenvalue weighted by Crippen LogP contribution is -2.28. The molecule has 2 nitrogen and oxygen atoms in total. The summed E-state index contributed by atoms with van der Waals surface area (Å²) in [6, 6.07) is 0. The van der Waals surface area contributed by atoms with Gasteiger partial charge in [-0.1, -0.05) is 36.5 Å². The Morgan fingerprint density at radius 3 is 1.81 bits per heavy atom. The summed E-state index contributed by atoms with van der Waals surface area (Å²) in [5.41, 5.74) is -0.709. The second-order valence-electron chi connectivity index (χ2n) is 5.15. The molecule has 16 heavy (non-hydrogen) atoms. The fourth-order valence-corrected chi connectivity index (χ4v) is 0.787. The predicted molar refractivity (Wildman–Crippen MR) is 69.1 cm³/mol. The van der Waals surface area contributed by atoms with Crippen LogP contribution in [0.2, 0.25) is 0 Å². The Kier molecular flexibility index (Phi) is 6.31. The lowest BCUT2D eigenvalue weighted by atomic mass is 10.1. The van der Waals surface area contributed by atoms with Crippen molar-refractivity contribution in [2.75, 3.05) is 0 Å². The van der Waals surface area contributed by atoms with E-state index in [1.54, 1.807) is 0 Å². The van der Waals surface area contributed by atoms with Crippen LogP contribution in [0, 0.1) is 0 Å². The van der Waals surface area contributed by atoms with Gasteiger partial charge in [-0.15, -0.1) is 0 Å². The van der Waals surface area contributed by atoms with E-state index in [0.717, 1.165) is 0 Å². The van der Waals surface area contributed by atoms with Crippen molar-refractivity contribution in [3.05, 3.63) is 36.5 Å². The maximum Gasteiger partial charge on any atom is 0.116 e. The van der Waals surface area contributed by atoms with Gasteiger partial charge in [0, 0.05) is 0 Å². The van der Waals surface area contributed by atoms with Gasteiger partial charge in [-0.2, -0.15) is 0 Å². The van der Waals surface area contributed by atoms with E-state index in [-0.39, 0.29) is 5.60 Å². The summed E-state index contributed by atoms with van der Waals surface area (Å²) >= 11 is 0. The number of allylic oxidation sites excluding steroid dienone is 5. The number of rotatable bonds is 5. The highest BCUT2D eigenvalue weighted by molar-refractivity contribution is 5.13. The molecule has 0 N–H and O–H groups in total. The second-order valence-corrected chi connectivity index (χ2v) is 5.15. The van der Waals surface area contributed by atoms with Gasteiger partial charge >= 0.3 is 0 Å². The molecule has 0 aliphatic heterocycles. The van der Waals surface area contributed by atoms with Gasteiger partial charge < -0.3 is 0 Å².